The Morgan fingerprint density at radius 1 is 1.36 bits per heavy atom. The van der Waals surface area contributed by atoms with Crippen LogP contribution in [0.3, 0.4) is 0 Å². The molecule has 0 unspecified atom stereocenters. The number of benzene rings is 1. The highest BCUT2D eigenvalue weighted by Gasteiger charge is 2.60. The summed E-state index contributed by atoms with van der Waals surface area (Å²) in [4.78, 5) is 43.7. The second kappa shape index (κ2) is 7.78. The van der Waals surface area contributed by atoms with Gasteiger partial charge in [-0.15, -0.1) is 11.3 Å². The lowest BCUT2D eigenvalue weighted by molar-refractivity contribution is -0.384. The van der Waals surface area contributed by atoms with Crippen molar-refractivity contribution in [2.24, 2.45) is 11.8 Å². The number of rotatable bonds is 6. The van der Waals surface area contributed by atoms with Gasteiger partial charge in [-0.1, -0.05) is 6.92 Å². The first-order chi connectivity index (χ1) is 15.8. The summed E-state index contributed by atoms with van der Waals surface area (Å²) >= 11 is 1.46. The lowest BCUT2D eigenvalue weighted by Crippen LogP contribution is -2.63. The van der Waals surface area contributed by atoms with E-state index in [2.05, 4.69) is 4.98 Å². The summed E-state index contributed by atoms with van der Waals surface area (Å²) in [6.45, 7) is 3.43. The molecule has 0 bridgehead atoms. The van der Waals surface area contributed by atoms with Crippen molar-refractivity contribution in [3.05, 3.63) is 69.2 Å². The van der Waals surface area contributed by atoms with Crippen LogP contribution in [0, 0.1) is 22.0 Å². The second-order valence-corrected chi connectivity index (χ2v) is 9.31. The first-order valence-corrected chi connectivity index (χ1v) is 11.2. The molecule has 1 amide bonds. The molecular weight excluding hydrogens is 448 g/mol. The van der Waals surface area contributed by atoms with E-state index in [0.29, 0.717) is 11.1 Å². The van der Waals surface area contributed by atoms with Gasteiger partial charge < -0.3 is 14.7 Å². The number of aliphatic hydroxyl groups excluding tert-OH is 1. The molecule has 1 aromatic carbocycles. The lowest BCUT2D eigenvalue weighted by atomic mass is 9.77. The maximum atomic E-state index is 13.2. The average molecular weight is 468 g/mol. The normalized spacial score (nSPS) is 22.9. The van der Waals surface area contributed by atoms with E-state index < -0.39 is 22.9 Å². The van der Waals surface area contributed by atoms with Crippen LogP contribution in [0.1, 0.15) is 24.3 Å². The molecule has 0 saturated carbocycles. The molecule has 2 aliphatic rings. The number of nitro benzene ring substituents is 1. The van der Waals surface area contributed by atoms with Crippen molar-refractivity contribution in [3.8, 4) is 0 Å². The zero-order chi connectivity index (χ0) is 23.4. The number of nitro groups is 1. The van der Waals surface area contributed by atoms with E-state index in [9.17, 15) is 24.8 Å². The molecule has 1 N–H and O–H groups in total. The van der Waals surface area contributed by atoms with Gasteiger partial charge in [-0.05, 0) is 24.6 Å². The van der Waals surface area contributed by atoms with Crippen molar-refractivity contribution in [2.45, 2.75) is 32.6 Å². The molecule has 5 rings (SSSR count). The first kappa shape index (κ1) is 21.3. The number of non-ortho nitro benzene ring substituents is 1. The molecule has 1 saturated heterocycles. The van der Waals surface area contributed by atoms with Gasteiger partial charge in [-0.3, -0.25) is 19.3 Å². The van der Waals surface area contributed by atoms with Gasteiger partial charge in [0, 0.05) is 29.8 Å². The van der Waals surface area contributed by atoms with Crippen molar-refractivity contribution in [3.63, 3.8) is 0 Å². The molecule has 4 heterocycles. The number of esters is 1. The number of β-lactam (4-membered cyclic amide) rings is 1. The molecule has 11 heteroatoms. The Morgan fingerprint density at radius 2 is 2.09 bits per heavy atom. The van der Waals surface area contributed by atoms with Crippen LogP contribution >= 0.6 is 11.3 Å². The second-order valence-electron chi connectivity index (χ2n) is 8.25. The minimum Gasteiger partial charge on any atom is -0.456 e. The molecule has 0 spiro atoms. The Labute approximate surface area is 191 Å². The Hall–Kier alpha value is -3.57. The van der Waals surface area contributed by atoms with Crippen LogP contribution in [-0.2, 0) is 20.9 Å². The van der Waals surface area contributed by atoms with Gasteiger partial charge in [0.1, 0.15) is 17.1 Å². The number of aliphatic hydroxyl groups is 1. The molecule has 1 fully saturated rings. The predicted molar refractivity (Wildman–Crippen MR) is 118 cm³/mol. The van der Waals surface area contributed by atoms with E-state index >= 15 is 0 Å². The highest BCUT2D eigenvalue weighted by Crippen LogP contribution is 2.51. The third kappa shape index (κ3) is 3.31. The van der Waals surface area contributed by atoms with Crippen molar-refractivity contribution in [1.82, 2.24) is 14.3 Å². The summed E-state index contributed by atoms with van der Waals surface area (Å²) < 4.78 is 7.38. The maximum absolute atomic E-state index is 13.2. The molecule has 2 aromatic heterocycles. The highest BCUT2D eigenvalue weighted by molar-refractivity contribution is 7.18. The minimum absolute atomic E-state index is 0.0542. The standard InChI is InChI=1S/C22H20N4O6S/c1-11-17(15-8-24-10-23-7-16(24)33-15)20(25-19(11)18(12(2)27)21(25)28)22(29)32-9-13-3-5-14(6-4-13)26(30)31/h3-8,10-12,18-19,27H,9H2,1-2H3/t11-,12+,18+,19+/m0/s1. The number of thiazole rings is 1. The summed E-state index contributed by atoms with van der Waals surface area (Å²) in [5.41, 5.74) is 1.43. The fraction of sp³-hybridized carbons (Fsp3) is 0.318. The van der Waals surface area contributed by atoms with Crippen LogP contribution in [0.25, 0.3) is 10.4 Å². The smallest absolute Gasteiger partial charge is 0.355 e. The summed E-state index contributed by atoms with van der Waals surface area (Å²) in [6, 6.07) is 5.41. The summed E-state index contributed by atoms with van der Waals surface area (Å²) in [7, 11) is 0. The van der Waals surface area contributed by atoms with Gasteiger partial charge in [0.25, 0.3) is 5.69 Å². The Bertz CT molecular complexity index is 1280. The Balaban J connectivity index is 1.47. The molecular formula is C22H20N4O6S. The number of carbonyl (C=O) groups is 2. The molecule has 0 radical (unpaired) electrons. The topological polar surface area (TPSA) is 127 Å². The number of amides is 1. The fourth-order valence-electron chi connectivity index (χ4n) is 4.67. The van der Waals surface area contributed by atoms with Crippen molar-refractivity contribution < 1.29 is 24.4 Å². The van der Waals surface area contributed by atoms with E-state index in [4.69, 9.17) is 4.74 Å². The van der Waals surface area contributed by atoms with Gasteiger partial charge >= 0.3 is 5.97 Å². The van der Waals surface area contributed by atoms with Gasteiger partial charge in [-0.2, -0.15) is 0 Å². The van der Waals surface area contributed by atoms with Crippen LogP contribution in [0.15, 0.2) is 48.7 Å². The SMILES string of the molecule is C[C@@H](O)[C@H]1C(=O)N2C(C(=O)OCc3ccc([N+](=O)[O-])cc3)=C(c3cn4cncc4s3)[C@H](C)[C@H]12. The number of imidazole rings is 1. The third-order valence-electron chi connectivity index (χ3n) is 6.25. The molecule has 4 atom stereocenters. The molecule has 33 heavy (non-hydrogen) atoms. The minimum atomic E-state index is -0.832. The van der Waals surface area contributed by atoms with Crippen molar-refractivity contribution in [2.75, 3.05) is 0 Å². The van der Waals surface area contributed by atoms with Crippen LogP contribution in [-0.4, -0.2) is 48.3 Å². The van der Waals surface area contributed by atoms with E-state index in [1.165, 1.54) is 40.5 Å². The first-order valence-electron chi connectivity index (χ1n) is 10.4. The average Bonchev–Trinajstić information content (AvgIpc) is 3.43. The Kier molecular flexibility index (Phi) is 5.02. The monoisotopic (exact) mass is 468 g/mol. The van der Waals surface area contributed by atoms with Gasteiger partial charge in [0.2, 0.25) is 5.91 Å². The molecule has 2 aliphatic heterocycles. The largest absolute Gasteiger partial charge is 0.456 e. The summed E-state index contributed by atoms with van der Waals surface area (Å²) in [6.07, 6.45) is 4.43. The molecule has 0 aliphatic carbocycles. The van der Waals surface area contributed by atoms with Crippen LogP contribution in [0.4, 0.5) is 5.69 Å². The van der Waals surface area contributed by atoms with E-state index in [0.717, 1.165) is 9.71 Å². The summed E-state index contributed by atoms with van der Waals surface area (Å²) in [5, 5.41) is 21.0. The highest BCUT2D eigenvalue weighted by atomic mass is 32.1. The zero-order valence-corrected chi connectivity index (χ0v) is 18.6. The third-order valence-corrected chi connectivity index (χ3v) is 7.32. The Morgan fingerprint density at radius 3 is 2.73 bits per heavy atom. The van der Waals surface area contributed by atoms with Crippen LogP contribution in [0.2, 0.25) is 0 Å². The number of fused-ring (bicyclic) bond motifs is 2. The number of nitrogens with zero attached hydrogens (tertiary/aromatic N) is 4. The van der Waals surface area contributed by atoms with E-state index in [-0.39, 0.29) is 35.9 Å². The predicted octanol–water partition coefficient (Wildman–Crippen LogP) is 2.62. The molecule has 10 nitrogen and oxygen atoms in total. The number of carbonyl (C=O) groups excluding carboxylic acids is 2. The number of hydrogen-bond acceptors (Lipinski definition) is 8. The van der Waals surface area contributed by atoms with E-state index in [1.807, 2.05) is 17.5 Å². The zero-order valence-electron chi connectivity index (χ0n) is 17.7. The van der Waals surface area contributed by atoms with E-state index in [1.54, 1.807) is 19.4 Å². The van der Waals surface area contributed by atoms with Crippen LogP contribution < -0.4 is 0 Å². The maximum Gasteiger partial charge on any atom is 0.355 e. The molecule has 3 aromatic rings. The van der Waals surface area contributed by atoms with Crippen molar-refractivity contribution >= 4 is 39.3 Å². The van der Waals surface area contributed by atoms with Gasteiger partial charge in [-0.25, -0.2) is 9.78 Å². The van der Waals surface area contributed by atoms with Gasteiger partial charge in [0.05, 0.1) is 40.4 Å². The quantitative estimate of drug-likeness (QED) is 0.255. The van der Waals surface area contributed by atoms with Gasteiger partial charge in [0.15, 0.2) is 0 Å². The fourth-order valence-corrected chi connectivity index (χ4v) is 5.78. The number of ether oxygens (including phenoxy) is 1. The lowest BCUT2D eigenvalue weighted by Gasteiger charge is -2.46. The van der Waals surface area contributed by atoms with Crippen molar-refractivity contribution in [1.29, 1.82) is 0 Å². The number of aromatic nitrogens is 2. The summed E-state index contributed by atoms with van der Waals surface area (Å²) in [5.74, 6) is -1.71. The molecule has 170 valence electrons. The van der Waals surface area contributed by atoms with Crippen LogP contribution in [0.5, 0.6) is 0 Å². The number of hydrogen-bond donors (Lipinski definition) is 1.